The number of aromatic nitrogens is 2. The van der Waals surface area contributed by atoms with E-state index in [9.17, 15) is 13.2 Å². The second-order valence-electron chi connectivity index (χ2n) is 5.82. The molecule has 4 nitrogen and oxygen atoms in total. The molecule has 0 saturated carbocycles. The molecule has 0 bridgehead atoms. The monoisotopic (exact) mass is 362 g/mol. The van der Waals surface area contributed by atoms with Gasteiger partial charge in [0.25, 0.3) is 0 Å². The summed E-state index contributed by atoms with van der Waals surface area (Å²) in [6.07, 6.45) is -3.18. The highest BCUT2D eigenvalue weighted by Crippen LogP contribution is 2.32. The Hall–Kier alpha value is -2.83. The van der Waals surface area contributed by atoms with E-state index in [1.807, 2.05) is 12.1 Å². The lowest BCUT2D eigenvalue weighted by molar-refractivity contribution is -0.137. The molecule has 7 heteroatoms. The molecule has 0 amide bonds. The van der Waals surface area contributed by atoms with Gasteiger partial charge in [-0.25, -0.2) is 0 Å². The molecule has 2 aromatic carbocycles. The summed E-state index contributed by atoms with van der Waals surface area (Å²) in [5, 5.41) is 7.76. The van der Waals surface area contributed by atoms with Crippen LogP contribution in [0.3, 0.4) is 0 Å². The molecule has 0 aliphatic rings. The van der Waals surface area contributed by atoms with Crippen molar-refractivity contribution in [2.24, 2.45) is 0 Å². The van der Waals surface area contributed by atoms with Crippen molar-refractivity contribution in [3.63, 3.8) is 0 Å². The van der Waals surface area contributed by atoms with Gasteiger partial charge in [0, 0.05) is 13.3 Å². The molecule has 0 N–H and O–H groups in total. The number of nitrogens with zero attached hydrogens (tertiary/aromatic N) is 2. The number of benzene rings is 2. The Bertz CT molecular complexity index is 887. The molecule has 26 heavy (non-hydrogen) atoms. The molecule has 1 heterocycles. The third kappa shape index (κ3) is 4.04. The van der Waals surface area contributed by atoms with Crippen LogP contribution in [0.4, 0.5) is 13.2 Å². The normalized spacial score (nSPS) is 11.6. The molecule has 3 rings (SSSR count). The minimum atomic E-state index is -4.34. The highest BCUT2D eigenvalue weighted by molar-refractivity contribution is 5.66. The first-order chi connectivity index (χ1) is 12.4. The van der Waals surface area contributed by atoms with Crippen LogP contribution in [0.1, 0.15) is 22.9 Å². The zero-order valence-electron chi connectivity index (χ0n) is 14.3. The van der Waals surface area contributed by atoms with E-state index in [1.165, 1.54) is 12.1 Å². The van der Waals surface area contributed by atoms with Crippen LogP contribution >= 0.6 is 0 Å². The first-order valence-corrected chi connectivity index (χ1v) is 8.00. The lowest BCUT2D eigenvalue weighted by Gasteiger charge is -2.11. The van der Waals surface area contributed by atoms with Crippen LogP contribution in [0.25, 0.3) is 11.1 Å². The van der Waals surface area contributed by atoms with E-state index in [-0.39, 0.29) is 0 Å². The first kappa shape index (κ1) is 18.0. The average molecular weight is 362 g/mol. The lowest BCUT2D eigenvalue weighted by Crippen LogP contribution is -2.04. The zero-order valence-corrected chi connectivity index (χ0v) is 14.3. The first-order valence-electron chi connectivity index (χ1n) is 8.00. The topological polar surface area (TPSA) is 48.2 Å². The average Bonchev–Trinajstić information content (AvgIpc) is 3.04. The van der Waals surface area contributed by atoms with Crippen LogP contribution < -0.4 is 4.74 Å². The van der Waals surface area contributed by atoms with Crippen molar-refractivity contribution in [1.82, 2.24) is 10.2 Å². The van der Waals surface area contributed by atoms with E-state index < -0.39 is 11.7 Å². The highest BCUT2D eigenvalue weighted by atomic mass is 19.4. The molecule has 0 aliphatic carbocycles. The van der Waals surface area contributed by atoms with Crippen molar-refractivity contribution in [3.8, 4) is 16.9 Å². The van der Waals surface area contributed by atoms with Crippen molar-refractivity contribution < 1.29 is 22.3 Å². The number of hydrogen-bond donors (Lipinski definition) is 0. The Morgan fingerprint density at radius 2 is 1.65 bits per heavy atom. The molecule has 136 valence electrons. The van der Waals surface area contributed by atoms with E-state index in [4.69, 9.17) is 9.15 Å². The summed E-state index contributed by atoms with van der Waals surface area (Å²) in [6, 6.07) is 10.6. The maximum atomic E-state index is 12.7. The van der Waals surface area contributed by atoms with Crippen LogP contribution in [-0.2, 0) is 19.0 Å². The molecular weight excluding hydrogens is 345 g/mol. The number of aryl methyl sites for hydroxylation is 3. The van der Waals surface area contributed by atoms with Gasteiger partial charge in [-0.2, -0.15) is 13.2 Å². The van der Waals surface area contributed by atoms with Crippen LogP contribution in [0.5, 0.6) is 5.75 Å². The van der Waals surface area contributed by atoms with Gasteiger partial charge < -0.3 is 9.15 Å². The third-order valence-electron chi connectivity index (χ3n) is 4.00. The fourth-order valence-electron chi connectivity index (χ4n) is 2.69. The van der Waals surface area contributed by atoms with Crippen LogP contribution in [0.2, 0.25) is 0 Å². The van der Waals surface area contributed by atoms with Gasteiger partial charge in [0.05, 0.1) is 12.7 Å². The predicted octanol–water partition coefficient (Wildman–Crippen LogP) is 4.86. The van der Waals surface area contributed by atoms with Crippen molar-refractivity contribution in [3.05, 3.63) is 65.4 Å². The van der Waals surface area contributed by atoms with E-state index in [2.05, 4.69) is 10.2 Å². The van der Waals surface area contributed by atoms with Gasteiger partial charge in [-0.1, -0.05) is 18.2 Å². The quantitative estimate of drug-likeness (QED) is 0.650. The number of hydrogen-bond acceptors (Lipinski definition) is 4. The van der Waals surface area contributed by atoms with Gasteiger partial charge in [0.15, 0.2) is 0 Å². The highest BCUT2D eigenvalue weighted by Gasteiger charge is 2.29. The van der Waals surface area contributed by atoms with E-state index in [0.717, 1.165) is 23.3 Å². The summed E-state index contributed by atoms with van der Waals surface area (Å²) in [7, 11) is 1.58. The van der Waals surface area contributed by atoms with Gasteiger partial charge in [0.2, 0.25) is 11.8 Å². The summed E-state index contributed by atoms with van der Waals surface area (Å²) in [5.74, 6) is 1.74. The maximum absolute atomic E-state index is 12.7. The van der Waals surface area contributed by atoms with Crippen molar-refractivity contribution in [2.75, 3.05) is 7.11 Å². The summed E-state index contributed by atoms with van der Waals surface area (Å²) >= 11 is 0. The standard InChI is InChI=1S/C19H17F3N2O2/c1-12-23-24-18(26-12)10-6-15-11-14(5-9-17(15)25-2)13-3-7-16(8-4-13)19(20,21)22/h3-5,7-9,11H,6,10H2,1-2H3. The number of rotatable bonds is 5. The predicted molar refractivity (Wildman–Crippen MR) is 89.9 cm³/mol. The molecule has 0 atom stereocenters. The number of alkyl halides is 3. The SMILES string of the molecule is COc1ccc(-c2ccc(C(F)(F)F)cc2)cc1CCc1nnc(C)o1. The molecular formula is C19H17F3N2O2. The Balaban J connectivity index is 1.84. The van der Waals surface area contributed by atoms with Crippen LogP contribution in [0.15, 0.2) is 46.9 Å². The Morgan fingerprint density at radius 3 is 2.23 bits per heavy atom. The Morgan fingerprint density at radius 1 is 0.962 bits per heavy atom. The summed E-state index contributed by atoms with van der Waals surface area (Å²) in [6.45, 7) is 1.72. The van der Waals surface area contributed by atoms with Gasteiger partial charge in [-0.3, -0.25) is 0 Å². The Kier molecular flexibility index (Phi) is 4.97. The lowest BCUT2D eigenvalue weighted by atomic mass is 9.99. The molecule has 0 aliphatic heterocycles. The Labute approximate surface area is 148 Å². The van der Waals surface area contributed by atoms with E-state index in [0.29, 0.717) is 35.9 Å². The second kappa shape index (κ2) is 7.19. The van der Waals surface area contributed by atoms with Crippen molar-refractivity contribution in [2.45, 2.75) is 25.9 Å². The maximum Gasteiger partial charge on any atom is 0.416 e. The molecule has 1 aromatic heterocycles. The molecule has 0 radical (unpaired) electrons. The largest absolute Gasteiger partial charge is 0.496 e. The third-order valence-corrected chi connectivity index (χ3v) is 4.00. The number of halogens is 3. The van der Waals surface area contributed by atoms with Gasteiger partial charge in [0.1, 0.15) is 5.75 Å². The van der Waals surface area contributed by atoms with Gasteiger partial charge in [-0.15, -0.1) is 10.2 Å². The van der Waals surface area contributed by atoms with Gasteiger partial charge in [-0.05, 0) is 47.4 Å². The van der Waals surface area contributed by atoms with Crippen LogP contribution in [-0.4, -0.2) is 17.3 Å². The van der Waals surface area contributed by atoms with Crippen molar-refractivity contribution >= 4 is 0 Å². The summed E-state index contributed by atoms with van der Waals surface area (Å²) < 4.78 is 48.9. The molecule has 0 unspecified atom stereocenters. The summed E-state index contributed by atoms with van der Waals surface area (Å²) in [5.41, 5.74) is 1.77. The number of ether oxygens (including phenoxy) is 1. The molecule has 0 spiro atoms. The van der Waals surface area contributed by atoms with Gasteiger partial charge >= 0.3 is 6.18 Å². The fraction of sp³-hybridized carbons (Fsp3) is 0.263. The fourth-order valence-corrected chi connectivity index (χ4v) is 2.69. The van der Waals surface area contributed by atoms with E-state index in [1.54, 1.807) is 20.1 Å². The summed E-state index contributed by atoms with van der Waals surface area (Å²) in [4.78, 5) is 0. The molecule has 0 fully saturated rings. The van der Waals surface area contributed by atoms with Crippen molar-refractivity contribution in [1.29, 1.82) is 0 Å². The smallest absolute Gasteiger partial charge is 0.416 e. The molecule has 0 saturated heterocycles. The molecule has 3 aromatic rings. The van der Waals surface area contributed by atoms with E-state index >= 15 is 0 Å². The number of methoxy groups -OCH3 is 1. The minimum Gasteiger partial charge on any atom is -0.496 e. The zero-order chi connectivity index (χ0) is 18.7. The van der Waals surface area contributed by atoms with Crippen LogP contribution in [0, 0.1) is 6.92 Å². The minimum absolute atomic E-state index is 0.505. The second-order valence-corrected chi connectivity index (χ2v) is 5.82.